The first-order chi connectivity index (χ1) is 14.6. The first kappa shape index (κ1) is 19.3. The smallest absolute Gasteiger partial charge is 0.230 e. The zero-order chi connectivity index (χ0) is 20.9. The van der Waals surface area contributed by atoms with Crippen LogP contribution in [0, 0.1) is 11.8 Å². The van der Waals surface area contributed by atoms with Gasteiger partial charge in [0.25, 0.3) is 0 Å². The molecule has 2 aromatic rings. The van der Waals surface area contributed by atoms with Crippen LogP contribution in [0.4, 0.5) is 0 Å². The summed E-state index contributed by atoms with van der Waals surface area (Å²) in [5.41, 5.74) is 1.27. The van der Waals surface area contributed by atoms with Gasteiger partial charge in [-0.1, -0.05) is 24.3 Å². The lowest BCUT2D eigenvalue weighted by Gasteiger charge is -2.23. The molecule has 4 atom stereocenters. The van der Waals surface area contributed by atoms with Gasteiger partial charge in [-0.3, -0.25) is 9.59 Å². The molecule has 1 N–H and O–H groups in total. The van der Waals surface area contributed by atoms with Crippen LogP contribution < -0.4 is 5.32 Å². The minimum Gasteiger partial charge on any atom is -0.383 e. The Labute approximate surface area is 174 Å². The topological polar surface area (TPSA) is 85.7 Å². The normalized spacial score (nSPS) is 29.2. The highest BCUT2D eigenvalue weighted by atomic mass is 16.5. The van der Waals surface area contributed by atoms with Crippen molar-refractivity contribution in [2.75, 3.05) is 26.8 Å². The molecule has 8 heteroatoms. The van der Waals surface area contributed by atoms with Gasteiger partial charge in [0.05, 0.1) is 48.7 Å². The van der Waals surface area contributed by atoms with Crippen LogP contribution in [0.3, 0.4) is 0 Å². The second-order valence-corrected chi connectivity index (χ2v) is 8.13. The Hall–Kier alpha value is -2.71. The van der Waals surface area contributed by atoms with Gasteiger partial charge in [-0.15, -0.1) is 0 Å². The van der Waals surface area contributed by atoms with Crippen molar-refractivity contribution in [2.24, 2.45) is 11.8 Å². The Balaban J connectivity index is 1.34. The number of fused-ring (bicyclic) bond motifs is 2. The molecule has 2 amide bonds. The van der Waals surface area contributed by atoms with Gasteiger partial charge in [0.2, 0.25) is 11.8 Å². The maximum atomic E-state index is 13.2. The number of likely N-dealkylation sites (tertiary alicyclic amines) is 1. The summed E-state index contributed by atoms with van der Waals surface area (Å²) in [6.45, 7) is 4.58. The summed E-state index contributed by atoms with van der Waals surface area (Å²) >= 11 is 0. The van der Waals surface area contributed by atoms with E-state index in [2.05, 4.69) is 21.8 Å². The summed E-state index contributed by atoms with van der Waals surface area (Å²) in [6, 6.07) is 7.94. The third-order valence-electron chi connectivity index (χ3n) is 6.52. The monoisotopic (exact) mass is 410 g/mol. The number of carbonyl (C=O) groups is 2. The Morgan fingerprint density at radius 2 is 2.23 bits per heavy atom. The maximum Gasteiger partial charge on any atom is 0.230 e. The van der Waals surface area contributed by atoms with E-state index in [4.69, 9.17) is 9.47 Å². The fraction of sp³-hybridized carbons (Fsp3) is 0.500. The molecule has 158 valence electrons. The fourth-order valence-electron chi connectivity index (χ4n) is 5.17. The summed E-state index contributed by atoms with van der Waals surface area (Å²) in [6.07, 6.45) is 3.54. The summed E-state index contributed by atoms with van der Waals surface area (Å²) in [5, 5.41) is 3.02. The molecule has 3 aliphatic rings. The van der Waals surface area contributed by atoms with Gasteiger partial charge in [0.1, 0.15) is 11.4 Å². The van der Waals surface area contributed by atoms with E-state index in [1.54, 1.807) is 12.0 Å². The maximum absolute atomic E-state index is 13.2. The molecule has 0 unspecified atom stereocenters. The largest absolute Gasteiger partial charge is 0.383 e. The van der Waals surface area contributed by atoms with Crippen LogP contribution in [0.1, 0.15) is 12.7 Å². The summed E-state index contributed by atoms with van der Waals surface area (Å²) in [4.78, 5) is 32.6. The molecule has 8 nitrogen and oxygen atoms in total. The predicted octanol–water partition coefficient (Wildman–Crippen LogP) is 1.10. The molecular weight excluding hydrogens is 384 g/mol. The Bertz CT molecular complexity index is 1030. The summed E-state index contributed by atoms with van der Waals surface area (Å²) < 4.78 is 13.4. The van der Waals surface area contributed by atoms with E-state index in [1.807, 2.05) is 36.4 Å². The average molecular weight is 410 g/mol. The van der Waals surface area contributed by atoms with Crippen molar-refractivity contribution in [2.45, 2.75) is 31.7 Å². The molecule has 0 aliphatic carbocycles. The number of carbonyl (C=O) groups excluding carboxylic acids is 2. The number of ether oxygens (including phenoxy) is 2. The first-order valence-corrected chi connectivity index (χ1v) is 10.4. The number of aryl methyl sites for hydroxylation is 1. The number of imidazole rings is 1. The molecule has 1 spiro atoms. The number of para-hydroxylation sites is 2. The molecule has 5 rings (SSSR count). The third-order valence-corrected chi connectivity index (χ3v) is 6.52. The molecule has 0 radical (unpaired) electrons. The van der Waals surface area contributed by atoms with Crippen molar-refractivity contribution < 1.29 is 19.1 Å². The number of aromatic nitrogens is 2. The third kappa shape index (κ3) is 2.78. The first-order valence-electron chi connectivity index (χ1n) is 10.4. The fourth-order valence-corrected chi connectivity index (χ4v) is 5.17. The van der Waals surface area contributed by atoms with Crippen LogP contribution in [0.15, 0.2) is 36.4 Å². The number of nitrogens with zero attached hydrogens (tertiary/aromatic N) is 3. The van der Waals surface area contributed by atoms with E-state index in [0.29, 0.717) is 26.2 Å². The second-order valence-electron chi connectivity index (χ2n) is 8.13. The molecule has 2 fully saturated rings. The predicted molar refractivity (Wildman–Crippen MR) is 109 cm³/mol. The summed E-state index contributed by atoms with van der Waals surface area (Å²) in [7, 11) is 1.61. The van der Waals surface area contributed by atoms with Crippen molar-refractivity contribution in [3.63, 3.8) is 0 Å². The van der Waals surface area contributed by atoms with Gasteiger partial charge in [0, 0.05) is 20.2 Å². The molecule has 1 aromatic carbocycles. The van der Waals surface area contributed by atoms with Gasteiger partial charge in [-0.2, -0.15) is 0 Å². The van der Waals surface area contributed by atoms with Gasteiger partial charge in [-0.05, 0) is 19.1 Å². The van der Waals surface area contributed by atoms with E-state index in [-0.39, 0.29) is 17.9 Å². The van der Waals surface area contributed by atoms with E-state index in [1.165, 1.54) is 0 Å². The lowest BCUT2D eigenvalue weighted by molar-refractivity contribution is -0.137. The minimum atomic E-state index is -0.686. The number of benzene rings is 1. The number of hydrogen-bond acceptors (Lipinski definition) is 5. The van der Waals surface area contributed by atoms with Crippen molar-refractivity contribution in [3.8, 4) is 0 Å². The zero-order valence-electron chi connectivity index (χ0n) is 17.2. The van der Waals surface area contributed by atoms with Gasteiger partial charge in [-0.25, -0.2) is 4.98 Å². The quantitative estimate of drug-likeness (QED) is 0.691. The SMILES string of the molecule is CCn1c(CNC(=O)[C@H]2[C@H]3C(=O)N(CCOC)C[C@@]34C=C[C@H]2O4)nc2ccccc21. The van der Waals surface area contributed by atoms with Crippen LogP contribution in [-0.2, 0) is 32.2 Å². The lowest BCUT2D eigenvalue weighted by Crippen LogP contribution is -2.44. The Morgan fingerprint density at radius 1 is 1.40 bits per heavy atom. The number of rotatable bonds is 7. The number of nitrogens with one attached hydrogen (secondary N) is 1. The van der Waals surface area contributed by atoms with Crippen molar-refractivity contribution in [3.05, 3.63) is 42.2 Å². The molecule has 2 bridgehead atoms. The highest BCUT2D eigenvalue weighted by Crippen LogP contribution is 2.51. The van der Waals surface area contributed by atoms with Crippen molar-refractivity contribution in [1.82, 2.24) is 19.8 Å². The molecule has 1 aromatic heterocycles. The van der Waals surface area contributed by atoms with Crippen LogP contribution in [0.25, 0.3) is 11.0 Å². The molecule has 2 saturated heterocycles. The van der Waals surface area contributed by atoms with E-state index in [9.17, 15) is 9.59 Å². The van der Waals surface area contributed by atoms with Crippen LogP contribution >= 0.6 is 0 Å². The van der Waals surface area contributed by atoms with Crippen LogP contribution in [0.5, 0.6) is 0 Å². The van der Waals surface area contributed by atoms with Gasteiger partial charge < -0.3 is 24.3 Å². The van der Waals surface area contributed by atoms with Crippen LogP contribution in [-0.4, -0.2) is 64.8 Å². The summed E-state index contributed by atoms with van der Waals surface area (Å²) in [5.74, 6) is -0.377. The number of hydrogen-bond donors (Lipinski definition) is 1. The standard InChI is InChI=1S/C22H26N4O4/c1-3-26-15-7-5-4-6-14(15)24-17(26)12-23-20(27)18-16-8-9-22(30-16)13-25(10-11-29-2)21(28)19(18)22/h4-9,16,18-19H,3,10-13H2,1-2H3,(H,23,27)/t16-,18-,19+,22+/m1/s1. The van der Waals surface area contributed by atoms with E-state index >= 15 is 0 Å². The highest BCUT2D eigenvalue weighted by Gasteiger charge is 2.66. The second kappa shape index (κ2) is 7.21. The van der Waals surface area contributed by atoms with E-state index < -0.39 is 17.4 Å². The highest BCUT2D eigenvalue weighted by molar-refractivity contribution is 5.93. The Kier molecular flexibility index (Phi) is 4.63. The molecule has 4 heterocycles. The molecule has 0 saturated carbocycles. The molecule has 30 heavy (non-hydrogen) atoms. The molecule has 3 aliphatic heterocycles. The van der Waals surface area contributed by atoms with Gasteiger partial charge in [0.15, 0.2) is 0 Å². The zero-order valence-corrected chi connectivity index (χ0v) is 17.2. The van der Waals surface area contributed by atoms with Crippen molar-refractivity contribution >= 4 is 22.8 Å². The number of methoxy groups -OCH3 is 1. The average Bonchev–Trinajstić information content (AvgIpc) is 3.48. The Morgan fingerprint density at radius 3 is 3.03 bits per heavy atom. The van der Waals surface area contributed by atoms with Crippen LogP contribution in [0.2, 0.25) is 0 Å². The van der Waals surface area contributed by atoms with Crippen molar-refractivity contribution in [1.29, 1.82) is 0 Å². The van der Waals surface area contributed by atoms with E-state index in [0.717, 1.165) is 23.4 Å². The van der Waals surface area contributed by atoms with Gasteiger partial charge >= 0.3 is 0 Å². The molecular formula is C22H26N4O4. The number of amides is 2. The minimum absolute atomic E-state index is 0.0279. The lowest BCUT2D eigenvalue weighted by atomic mass is 9.77.